The third-order valence-corrected chi connectivity index (χ3v) is 4.13. The summed E-state index contributed by atoms with van der Waals surface area (Å²) < 4.78 is 29.4. The Kier molecular flexibility index (Phi) is 5.11. The van der Waals surface area contributed by atoms with Crippen LogP contribution in [0.5, 0.6) is 17.2 Å². The predicted molar refractivity (Wildman–Crippen MR) is 92.9 cm³/mol. The molecule has 1 heterocycles. The van der Waals surface area contributed by atoms with Crippen LogP contribution in [0, 0.1) is 15.9 Å². The van der Waals surface area contributed by atoms with Gasteiger partial charge in [0, 0.05) is 6.07 Å². The van der Waals surface area contributed by atoms with E-state index in [4.69, 9.17) is 14.2 Å². The number of benzene rings is 2. The van der Waals surface area contributed by atoms with E-state index < -0.39 is 28.4 Å². The van der Waals surface area contributed by atoms with Crippen molar-refractivity contribution < 1.29 is 28.3 Å². The van der Waals surface area contributed by atoms with Gasteiger partial charge in [0.15, 0.2) is 23.1 Å². The van der Waals surface area contributed by atoms with Crippen molar-refractivity contribution in [1.29, 1.82) is 0 Å². The van der Waals surface area contributed by atoms with Gasteiger partial charge in [-0.15, -0.1) is 0 Å². The van der Waals surface area contributed by atoms with Crippen molar-refractivity contribution in [3.63, 3.8) is 0 Å². The van der Waals surface area contributed by atoms with Crippen molar-refractivity contribution in [2.24, 2.45) is 0 Å². The molecule has 0 radical (unpaired) electrons. The Labute approximate surface area is 154 Å². The van der Waals surface area contributed by atoms with Crippen molar-refractivity contribution in [3.8, 4) is 17.2 Å². The number of fused-ring (bicyclic) bond motifs is 1. The summed E-state index contributed by atoms with van der Waals surface area (Å²) >= 11 is 0. The molecule has 1 unspecified atom stereocenters. The summed E-state index contributed by atoms with van der Waals surface area (Å²) in [5.41, 5.74) is -0.0724. The third kappa shape index (κ3) is 3.76. The Morgan fingerprint density at radius 3 is 2.52 bits per heavy atom. The van der Waals surface area contributed by atoms with Gasteiger partial charge < -0.3 is 19.5 Å². The van der Waals surface area contributed by atoms with Gasteiger partial charge in [-0.1, -0.05) is 6.07 Å². The highest BCUT2D eigenvalue weighted by Crippen LogP contribution is 2.36. The molecule has 0 aromatic heterocycles. The number of nitrogens with one attached hydrogen (secondary N) is 1. The predicted octanol–water partition coefficient (Wildman–Crippen LogP) is 3.00. The second-order valence-corrected chi connectivity index (χ2v) is 5.86. The summed E-state index contributed by atoms with van der Waals surface area (Å²) in [6, 6.07) is 6.14. The van der Waals surface area contributed by atoms with Crippen LogP contribution in [0.1, 0.15) is 28.9 Å². The van der Waals surface area contributed by atoms with Crippen LogP contribution in [-0.4, -0.2) is 31.2 Å². The van der Waals surface area contributed by atoms with E-state index in [1.54, 1.807) is 13.0 Å². The lowest BCUT2D eigenvalue weighted by atomic mass is 10.1. The van der Waals surface area contributed by atoms with Crippen LogP contribution in [0.25, 0.3) is 0 Å². The van der Waals surface area contributed by atoms with Gasteiger partial charge in [0.2, 0.25) is 0 Å². The number of rotatable bonds is 5. The fourth-order valence-electron chi connectivity index (χ4n) is 2.72. The van der Waals surface area contributed by atoms with Gasteiger partial charge in [0.25, 0.3) is 11.6 Å². The molecule has 2 aromatic carbocycles. The van der Waals surface area contributed by atoms with E-state index in [9.17, 15) is 19.3 Å². The first kappa shape index (κ1) is 18.4. The third-order valence-electron chi connectivity index (χ3n) is 4.13. The van der Waals surface area contributed by atoms with Gasteiger partial charge in [0.1, 0.15) is 18.8 Å². The Hall–Kier alpha value is -3.36. The highest BCUT2D eigenvalue weighted by atomic mass is 19.1. The molecule has 1 atom stereocenters. The molecule has 8 nitrogen and oxygen atoms in total. The number of hydrogen-bond acceptors (Lipinski definition) is 6. The average Bonchev–Trinajstić information content (AvgIpc) is 2.66. The van der Waals surface area contributed by atoms with Crippen molar-refractivity contribution >= 4 is 11.6 Å². The zero-order valence-corrected chi connectivity index (χ0v) is 14.7. The summed E-state index contributed by atoms with van der Waals surface area (Å²) in [6.45, 7) is 2.20. The van der Waals surface area contributed by atoms with Crippen LogP contribution in [0.2, 0.25) is 0 Å². The molecule has 1 N–H and O–H groups in total. The minimum absolute atomic E-state index is 0.0831. The van der Waals surface area contributed by atoms with E-state index in [1.807, 2.05) is 0 Å². The van der Waals surface area contributed by atoms with Crippen molar-refractivity contribution in [2.75, 3.05) is 20.3 Å². The van der Waals surface area contributed by atoms with Crippen LogP contribution in [0.15, 0.2) is 30.3 Å². The number of carbonyl (C=O) groups is 1. The first-order valence-corrected chi connectivity index (χ1v) is 8.13. The van der Waals surface area contributed by atoms with Crippen LogP contribution >= 0.6 is 0 Å². The summed E-state index contributed by atoms with van der Waals surface area (Å²) in [4.78, 5) is 23.3. The average molecular weight is 376 g/mol. The largest absolute Gasteiger partial charge is 0.494 e. The highest BCUT2D eigenvalue weighted by Gasteiger charge is 2.27. The van der Waals surface area contributed by atoms with E-state index in [0.29, 0.717) is 5.56 Å². The molecular formula is C18H17FN2O6. The molecule has 0 saturated heterocycles. The summed E-state index contributed by atoms with van der Waals surface area (Å²) in [5.74, 6) is -0.682. The number of ether oxygens (including phenoxy) is 3. The number of nitro groups is 1. The van der Waals surface area contributed by atoms with Crippen molar-refractivity contribution in [3.05, 3.63) is 57.4 Å². The molecule has 0 fully saturated rings. The fraction of sp³-hybridized carbons (Fsp3) is 0.278. The second kappa shape index (κ2) is 7.48. The number of nitrogens with zero attached hydrogens (tertiary/aromatic N) is 1. The van der Waals surface area contributed by atoms with E-state index in [0.717, 1.165) is 0 Å². The number of carbonyl (C=O) groups excluding carboxylic acids is 1. The maximum atomic E-state index is 13.9. The van der Waals surface area contributed by atoms with E-state index in [-0.39, 0.29) is 36.0 Å². The van der Waals surface area contributed by atoms with E-state index in [1.165, 1.54) is 31.4 Å². The van der Waals surface area contributed by atoms with Gasteiger partial charge in [-0.2, -0.15) is 0 Å². The van der Waals surface area contributed by atoms with Gasteiger partial charge in [-0.25, -0.2) is 4.39 Å². The van der Waals surface area contributed by atoms with Crippen molar-refractivity contribution in [2.45, 2.75) is 13.0 Å². The SMILES string of the molecule is COc1ccc(C(C)NC(=O)c2cc3c(cc2[N+](=O)[O-])OCCO3)cc1F. The molecule has 27 heavy (non-hydrogen) atoms. The lowest BCUT2D eigenvalue weighted by Gasteiger charge is -2.20. The lowest BCUT2D eigenvalue weighted by molar-refractivity contribution is -0.385. The molecule has 1 amide bonds. The van der Waals surface area contributed by atoms with Gasteiger partial charge in [-0.05, 0) is 24.6 Å². The van der Waals surface area contributed by atoms with Gasteiger partial charge >= 0.3 is 0 Å². The number of methoxy groups -OCH3 is 1. The first-order valence-electron chi connectivity index (χ1n) is 8.13. The zero-order valence-electron chi connectivity index (χ0n) is 14.7. The molecule has 0 spiro atoms. The van der Waals surface area contributed by atoms with Crippen molar-refractivity contribution in [1.82, 2.24) is 5.32 Å². The number of halogens is 1. The standard InChI is InChI=1S/C18H17FN2O6/c1-10(11-3-4-15(25-2)13(19)7-11)20-18(22)12-8-16-17(27-6-5-26-16)9-14(12)21(23)24/h3-4,7-10H,5-6H2,1-2H3,(H,20,22). The van der Waals surface area contributed by atoms with E-state index in [2.05, 4.69) is 5.32 Å². The molecule has 0 saturated carbocycles. The Balaban J connectivity index is 1.87. The summed E-state index contributed by atoms with van der Waals surface area (Å²) in [7, 11) is 1.35. The first-order chi connectivity index (χ1) is 12.9. The smallest absolute Gasteiger partial charge is 0.286 e. The highest BCUT2D eigenvalue weighted by molar-refractivity contribution is 5.99. The normalized spacial score (nSPS) is 13.6. The van der Waals surface area contributed by atoms with Crippen LogP contribution in [0.4, 0.5) is 10.1 Å². The zero-order chi connectivity index (χ0) is 19.6. The monoisotopic (exact) mass is 376 g/mol. The summed E-state index contributed by atoms with van der Waals surface area (Å²) in [6.07, 6.45) is 0. The van der Waals surface area contributed by atoms with Crippen LogP contribution < -0.4 is 19.5 Å². The van der Waals surface area contributed by atoms with Crippen LogP contribution in [0.3, 0.4) is 0 Å². The maximum Gasteiger partial charge on any atom is 0.286 e. The minimum atomic E-state index is -0.678. The summed E-state index contributed by atoms with van der Waals surface area (Å²) in [5, 5.41) is 14.0. The molecule has 2 aromatic rings. The molecule has 0 bridgehead atoms. The van der Waals surface area contributed by atoms with Gasteiger partial charge in [-0.3, -0.25) is 14.9 Å². The molecule has 1 aliphatic heterocycles. The Bertz CT molecular complexity index is 902. The Morgan fingerprint density at radius 1 is 1.26 bits per heavy atom. The minimum Gasteiger partial charge on any atom is -0.494 e. The second-order valence-electron chi connectivity index (χ2n) is 5.86. The Morgan fingerprint density at radius 2 is 1.93 bits per heavy atom. The topological polar surface area (TPSA) is 99.9 Å². The maximum absolute atomic E-state index is 13.9. The lowest BCUT2D eigenvalue weighted by Crippen LogP contribution is -2.28. The van der Waals surface area contributed by atoms with Crippen LogP contribution in [-0.2, 0) is 0 Å². The molecular weight excluding hydrogens is 359 g/mol. The fourth-order valence-corrected chi connectivity index (χ4v) is 2.72. The van der Waals surface area contributed by atoms with E-state index >= 15 is 0 Å². The number of hydrogen-bond donors (Lipinski definition) is 1. The molecule has 9 heteroatoms. The quantitative estimate of drug-likeness (QED) is 0.636. The van der Waals surface area contributed by atoms with Gasteiger partial charge in [0.05, 0.1) is 24.1 Å². The number of nitro benzene ring substituents is 1. The molecule has 1 aliphatic rings. The number of amides is 1. The molecule has 0 aliphatic carbocycles. The molecule has 3 rings (SSSR count). The molecule has 142 valence electrons.